The maximum Gasteiger partial charge on any atom is 0.179 e. The lowest BCUT2D eigenvalue weighted by Crippen LogP contribution is -1.98. The summed E-state index contributed by atoms with van der Waals surface area (Å²) in [4.78, 5) is 6.73. The highest BCUT2D eigenvalue weighted by molar-refractivity contribution is 7.98. The van der Waals surface area contributed by atoms with E-state index in [4.69, 9.17) is 5.73 Å². The first kappa shape index (κ1) is 14.6. The lowest BCUT2D eigenvalue weighted by molar-refractivity contribution is 0.740. The zero-order valence-corrected chi connectivity index (χ0v) is 13.7. The number of nitrogens with one attached hydrogen (secondary N) is 1. The molecule has 3 heterocycles. The molecular formula is C15H14N8S. The van der Waals surface area contributed by atoms with Gasteiger partial charge in [-0.1, -0.05) is 23.4 Å². The Hall–Kier alpha value is -2.94. The van der Waals surface area contributed by atoms with Gasteiger partial charge < -0.3 is 5.73 Å². The molecule has 0 saturated carbocycles. The van der Waals surface area contributed by atoms with Crippen molar-refractivity contribution in [2.45, 2.75) is 17.6 Å². The minimum absolute atomic E-state index is 0.431. The number of nitrogens with zero attached hydrogens (tertiary/aromatic N) is 6. The van der Waals surface area contributed by atoms with Crippen molar-refractivity contribution in [2.24, 2.45) is 0 Å². The monoisotopic (exact) mass is 338 g/mol. The van der Waals surface area contributed by atoms with Crippen molar-refractivity contribution in [1.29, 1.82) is 0 Å². The number of anilines is 1. The molecule has 0 atom stereocenters. The predicted molar refractivity (Wildman–Crippen MR) is 91.8 cm³/mol. The van der Waals surface area contributed by atoms with Gasteiger partial charge in [0.2, 0.25) is 0 Å². The van der Waals surface area contributed by atoms with E-state index in [1.807, 2.05) is 37.3 Å². The topological polar surface area (TPSA) is 111 Å². The van der Waals surface area contributed by atoms with Crippen LogP contribution in [0.1, 0.15) is 11.4 Å². The number of aryl methyl sites for hydroxylation is 1. The molecular weight excluding hydrogens is 324 g/mol. The summed E-state index contributed by atoms with van der Waals surface area (Å²) in [6, 6.07) is 11.6. The average Bonchev–Trinajstić information content (AvgIpc) is 3.20. The third-order valence-electron chi connectivity index (χ3n) is 3.51. The molecule has 0 spiro atoms. The average molecular weight is 338 g/mol. The van der Waals surface area contributed by atoms with Crippen LogP contribution in [0.3, 0.4) is 0 Å². The number of nitrogen functional groups attached to an aromatic ring is 1. The molecule has 3 N–H and O–H groups in total. The lowest BCUT2D eigenvalue weighted by atomic mass is 10.3. The molecule has 0 unspecified atom stereocenters. The Morgan fingerprint density at radius 2 is 2.04 bits per heavy atom. The number of thioether (sulfide) groups is 1. The summed E-state index contributed by atoms with van der Waals surface area (Å²) in [6.07, 6.45) is 0. The van der Waals surface area contributed by atoms with Gasteiger partial charge in [-0.25, -0.2) is 10.1 Å². The number of H-pyrrole nitrogens is 1. The first-order valence-corrected chi connectivity index (χ1v) is 8.27. The summed E-state index contributed by atoms with van der Waals surface area (Å²) < 4.78 is 0. The van der Waals surface area contributed by atoms with Crippen LogP contribution in [0.15, 0.2) is 41.3 Å². The largest absolute Gasteiger partial charge is 0.384 e. The molecule has 0 fully saturated rings. The zero-order valence-electron chi connectivity index (χ0n) is 12.8. The first-order valence-electron chi connectivity index (χ1n) is 7.29. The van der Waals surface area contributed by atoms with Crippen molar-refractivity contribution < 1.29 is 0 Å². The van der Waals surface area contributed by atoms with Crippen molar-refractivity contribution in [3.8, 4) is 5.69 Å². The van der Waals surface area contributed by atoms with Gasteiger partial charge in [0, 0.05) is 10.6 Å². The van der Waals surface area contributed by atoms with E-state index in [1.165, 1.54) is 0 Å². The molecule has 120 valence electrons. The van der Waals surface area contributed by atoms with Gasteiger partial charge in [0.25, 0.3) is 0 Å². The van der Waals surface area contributed by atoms with Crippen LogP contribution in [0.5, 0.6) is 0 Å². The summed E-state index contributed by atoms with van der Waals surface area (Å²) in [5, 5.41) is 19.6. The van der Waals surface area contributed by atoms with Crippen LogP contribution < -0.4 is 5.73 Å². The zero-order chi connectivity index (χ0) is 16.5. The predicted octanol–water partition coefficient (Wildman–Crippen LogP) is 2.12. The van der Waals surface area contributed by atoms with Crippen LogP contribution in [-0.4, -0.2) is 35.4 Å². The SMILES string of the molecule is Cc1nn(-c2ccccc2)nc1CSc1cc(N)nc2[nH]nnc12. The molecule has 4 rings (SSSR count). The molecule has 0 amide bonds. The molecule has 0 radical (unpaired) electrons. The number of nitrogens with two attached hydrogens (primary N) is 1. The number of pyridine rings is 1. The Morgan fingerprint density at radius 3 is 2.88 bits per heavy atom. The summed E-state index contributed by atoms with van der Waals surface area (Å²) in [7, 11) is 0. The highest BCUT2D eigenvalue weighted by Gasteiger charge is 2.12. The van der Waals surface area contributed by atoms with Crippen LogP contribution in [0.25, 0.3) is 16.9 Å². The van der Waals surface area contributed by atoms with E-state index >= 15 is 0 Å². The standard InChI is InChI=1S/C15H14N8S/c1-9-11(21-23(20-9)10-5-3-2-4-6-10)8-24-12-7-13(16)17-15-14(12)18-22-19-15/h2-7H,8H2,1H3,(H3,16,17,18,19,22). The summed E-state index contributed by atoms with van der Waals surface area (Å²) in [6.45, 7) is 1.95. The van der Waals surface area contributed by atoms with Crippen LogP contribution in [0, 0.1) is 6.92 Å². The minimum Gasteiger partial charge on any atom is -0.384 e. The Morgan fingerprint density at radius 1 is 1.21 bits per heavy atom. The summed E-state index contributed by atoms with van der Waals surface area (Å²) in [5.41, 5.74) is 9.87. The molecule has 9 heteroatoms. The normalized spacial score (nSPS) is 11.2. The van der Waals surface area contributed by atoms with Gasteiger partial charge in [0.05, 0.1) is 17.1 Å². The second-order valence-corrected chi connectivity index (χ2v) is 6.22. The minimum atomic E-state index is 0.431. The fraction of sp³-hybridized carbons (Fsp3) is 0.133. The number of rotatable bonds is 4. The Balaban J connectivity index is 1.60. The van der Waals surface area contributed by atoms with Crippen molar-refractivity contribution in [3.63, 3.8) is 0 Å². The molecule has 0 aliphatic rings. The van der Waals surface area contributed by atoms with E-state index in [0.717, 1.165) is 22.0 Å². The molecule has 24 heavy (non-hydrogen) atoms. The maximum absolute atomic E-state index is 5.83. The van der Waals surface area contributed by atoms with Gasteiger partial charge in [0.15, 0.2) is 5.65 Å². The molecule has 4 aromatic rings. The Bertz CT molecular complexity index is 991. The number of aromatic nitrogens is 7. The Kier molecular flexibility index (Phi) is 3.62. The fourth-order valence-corrected chi connectivity index (χ4v) is 3.34. The second-order valence-electron chi connectivity index (χ2n) is 5.20. The van der Waals surface area contributed by atoms with E-state index in [0.29, 0.717) is 22.7 Å². The molecule has 8 nitrogen and oxygen atoms in total. The highest BCUT2D eigenvalue weighted by atomic mass is 32.2. The molecule has 0 saturated heterocycles. The molecule has 0 aliphatic heterocycles. The quantitative estimate of drug-likeness (QED) is 0.548. The summed E-state index contributed by atoms with van der Waals surface area (Å²) >= 11 is 1.59. The van der Waals surface area contributed by atoms with Gasteiger partial charge in [-0.05, 0) is 25.1 Å². The number of fused-ring (bicyclic) bond motifs is 1. The van der Waals surface area contributed by atoms with Gasteiger partial charge in [-0.2, -0.15) is 15.0 Å². The maximum atomic E-state index is 5.83. The lowest BCUT2D eigenvalue weighted by Gasteiger charge is -2.02. The fourth-order valence-electron chi connectivity index (χ4n) is 2.31. The Labute approximate surface area is 141 Å². The smallest absolute Gasteiger partial charge is 0.179 e. The summed E-state index contributed by atoms with van der Waals surface area (Å²) in [5.74, 6) is 1.09. The molecule has 1 aromatic carbocycles. The third-order valence-corrected chi connectivity index (χ3v) is 4.55. The van der Waals surface area contributed by atoms with E-state index in [-0.39, 0.29) is 0 Å². The number of hydrogen-bond acceptors (Lipinski definition) is 7. The highest BCUT2D eigenvalue weighted by Crippen LogP contribution is 2.29. The van der Waals surface area contributed by atoms with Crippen LogP contribution in [0.4, 0.5) is 5.82 Å². The van der Waals surface area contributed by atoms with E-state index in [9.17, 15) is 0 Å². The van der Waals surface area contributed by atoms with Crippen molar-refractivity contribution in [1.82, 2.24) is 35.4 Å². The first-order chi connectivity index (χ1) is 11.7. The van der Waals surface area contributed by atoms with E-state index < -0.39 is 0 Å². The molecule has 0 bridgehead atoms. The van der Waals surface area contributed by atoms with Gasteiger partial charge in [-0.3, -0.25) is 0 Å². The van der Waals surface area contributed by atoms with Gasteiger partial charge >= 0.3 is 0 Å². The van der Waals surface area contributed by atoms with Crippen molar-refractivity contribution >= 4 is 28.7 Å². The van der Waals surface area contributed by atoms with Crippen LogP contribution >= 0.6 is 11.8 Å². The van der Waals surface area contributed by atoms with E-state index in [1.54, 1.807) is 22.6 Å². The van der Waals surface area contributed by atoms with E-state index in [2.05, 4.69) is 30.6 Å². The van der Waals surface area contributed by atoms with Gasteiger partial charge in [-0.15, -0.1) is 16.9 Å². The van der Waals surface area contributed by atoms with Crippen LogP contribution in [0.2, 0.25) is 0 Å². The third kappa shape index (κ3) is 2.69. The number of benzene rings is 1. The molecule has 3 aromatic heterocycles. The molecule has 0 aliphatic carbocycles. The number of para-hydroxylation sites is 1. The van der Waals surface area contributed by atoms with Crippen LogP contribution in [-0.2, 0) is 5.75 Å². The second kappa shape index (κ2) is 5.93. The van der Waals surface area contributed by atoms with Crippen molar-refractivity contribution in [2.75, 3.05) is 5.73 Å². The number of hydrogen-bond donors (Lipinski definition) is 2. The van der Waals surface area contributed by atoms with Crippen molar-refractivity contribution in [3.05, 3.63) is 47.8 Å². The number of aromatic amines is 1. The van der Waals surface area contributed by atoms with Gasteiger partial charge in [0.1, 0.15) is 11.3 Å².